The van der Waals surface area contributed by atoms with Gasteiger partial charge in [0.1, 0.15) is 4.88 Å². The smallest absolute Gasteiger partial charge is 0.267 e. The first-order valence-corrected chi connectivity index (χ1v) is 6.28. The molecule has 6 heteroatoms. The first-order chi connectivity index (χ1) is 7.72. The van der Waals surface area contributed by atoms with Crippen molar-refractivity contribution in [2.45, 2.75) is 13.3 Å². The van der Waals surface area contributed by atoms with E-state index in [-0.39, 0.29) is 5.91 Å². The van der Waals surface area contributed by atoms with Crippen LogP contribution in [0.1, 0.15) is 22.3 Å². The molecule has 0 atom stereocenters. The normalized spacial score (nSPS) is 17.8. The summed E-state index contributed by atoms with van der Waals surface area (Å²) < 4.78 is 3.86. The molecule has 0 aromatic carbocycles. The van der Waals surface area contributed by atoms with Crippen molar-refractivity contribution in [3.05, 3.63) is 10.6 Å². The van der Waals surface area contributed by atoms with Crippen LogP contribution in [0.4, 0.5) is 0 Å². The minimum absolute atomic E-state index is 0.0972. The van der Waals surface area contributed by atoms with Gasteiger partial charge in [-0.1, -0.05) is 11.4 Å². The molecule has 1 fully saturated rings. The molecule has 1 aliphatic rings. The van der Waals surface area contributed by atoms with Crippen LogP contribution in [0.3, 0.4) is 0 Å². The molecule has 2 heterocycles. The molecule has 5 nitrogen and oxygen atoms in total. The summed E-state index contributed by atoms with van der Waals surface area (Å²) in [7, 11) is 2.08. The van der Waals surface area contributed by atoms with Gasteiger partial charge in [0.15, 0.2) is 0 Å². The Kier molecular flexibility index (Phi) is 3.50. The molecule has 0 N–H and O–H groups in total. The molecule has 1 aromatic heterocycles. The second-order valence-corrected chi connectivity index (χ2v) is 4.75. The molecule has 0 radical (unpaired) electrons. The molecule has 1 saturated heterocycles. The summed E-state index contributed by atoms with van der Waals surface area (Å²) in [4.78, 5) is 17.0. The zero-order chi connectivity index (χ0) is 11.5. The van der Waals surface area contributed by atoms with E-state index in [0.717, 1.165) is 38.3 Å². The summed E-state index contributed by atoms with van der Waals surface area (Å²) >= 11 is 1.21. The monoisotopic (exact) mass is 240 g/mol. The summed E-state index contributed by atoms with van der Waals surface area (Å²) in [6.07, 6.45) is 0.769. The van der Waals surface area contributed by atoms with Crippen molar-refractivity contribution >= 4 is 17.4 Å². The lowest BCUT2D eigenvalue weighted by Gasteiger charge is -2.32. The van der Waals surface area contributed by atoms with Crippen LogP contribution in [0.25, 0.3) is 0 Å². The van der Waals surface area contributed by atoms with Gasteiger partial charge >= 0.3 is 0 Å². The largest absolute Gasteiger partial charge is 0.335 e. The van der Waals surface area contributed by atoms with Gasteiger partial charge in [-0.25, -0.2) is 0 Å². The molecule has 1 aliphatic heterocycles. The Labute approximate surface area is 99.2 Å². The summed E-state index contributed by atoms with van der Waals surface area (Å²) in [6.45, 7) is 5.49. The highest BCUT2D eigenvalue weighted by Gasteiger charge is 2.24. The van der Waals surface area contributed by atoms with Crippen LogP contribution in [-0.4, -0.2) is 58.5 Å². The fourth-order valence-corrected chi connectivity index (χ4v) is 2.47. The van der Waals surface area contributed by atoms with Gasteiger partial charge in [0.2, 0.25) is 0 Å². The zero-order valence-corrected chi connectivity index (χ0v) is 10.5. The number of carbonyl (C=O) groups is 1. The van der Waals surface area contributed by atoms with E-state index in [1.54, 1.807) is 0 Å². The fraction of sp³-hybridized carbons (Fsp3) is 0.700. The molecule has 0 spiro atoms. The Hall–Kier alpha value is -1.01. The summed E-state index contributed by atoms with van der Waals surface area (Å²) in [5.41, 5.74) is 0.828. The van der Waals surface area contributed by atoms with Crippen molar-refractivity contribution in [3.8, 4) is 0 Å². The highest BCUT2D eigenvalue weighted by atomic mass is 32.1. The van der Waals surface area contributed by atoms with Crippen LogP contribution in [0.5, 0.6) is 0 Å². The standard InChI is InChI=1S/C10H16N4OS/c1-3-8-9(16-12-11-8)10(15)14-6-4-13(2)5-7-14/h3-7H2,1-2H3. The van der Waals surface area contributed by atoms with E-state index in [0.29, 0.717) is 4.88 Å². The lowest BCUT2D eigenvalue weighted by atomic mass is 10.2. The van der Waals surface area contributed by atoms with Gasteiger partial charge in [-0.05, 0) is 25.0 Å². The molecular weight excluding hydrogens is 224 g/mol. The SMILES string of the molecule is CCc1nnsc1C(=O)N1CCN(C)CC1. The first kappa shape index (κ1) is 11.5. The van der Waals surface area contributed by atoms with E-state index in [9.17, 15) is 4.79 Å². The summed E-state index contributed by atoms with van der Waals surface area (Å²) in [6, 6.07) is 0. The molecule has 1 amide bonds. The van der Waals surface area contributed by atoms with E-state index >= 15 is 0 Å². The van der Waals surface area contributed by atoms with Crippen LogP contribution in [-0.2, 0) is 6.42 Å². The second kappa shape index (κ2) is 4.88. The number of hydrogen-bond donors (Lipinski definition) is 0. The number of rotatable bonds is 2. The summed E-state index contributed by atoms with van der Waals surface area (Å²) in [5.74, 6) is 0.0972. The minimum Gasteiger partial charge on any atom is -0.335 e. The third-order valence-corrected chi connectivity index (χ3v) is 3.63. The van der Waals surface area contributed by atoms with Crippen LogP contribution in [0.2, 0.25) is 0 Å². The van der Waals surface area contributed by atoms with Crippen molar-refractivity contribution in [1.82, 2.24) is 19.4 Å². The number of aryl methyl sites for hydroxylation is 1. The highest BCUT2D eigenvalue weighted by Crippen LogP contribution is 2.15. The van der Waals surface area contributed by atoms with Gasteiger partial charge in [-0.2, -0.15) is 0 Å². The van der Waals surface area contributed by atoms with Gasteiger partial charge in [0, 0.05) is 26.2 Å². The Morgan fingerprint density at radius 1 is 1.38 bits per heavy atom. The maximum absolute atomic E-state index is 12.2. The Morgan fingerprint density at radius 2 is 2.06 bits per heavy atom. The number of piperazine rings is 1. The second-order valence-electron chi connectivity index (χ2n) is 4.00. The molecule has 0 unspecified atom stereocenters. The van der Waals surface area contributed by atoms with Crippen LogP contribution >= 0.6 is 11.5 Å². The average Bonchev–Trinajstić information content (AvgIpc) is 2.77. The number of amides is 1. The average molecular weight is 240 g/mol. The number of hydrogen-bond acceptors (Lipinski definition) is 5. The van der Waals surface area contributed by atoms with E-state index in [4.69, 9.17) is 0 Å². The van der Waals surface area contributed by atoms with E-state index < -0.39 is 0 Å². The number of carbonyl (C=O) groups excluding carboxylic acids is 1. The van der Waals surface area contributed by atoms with E-state index in [1.807, 2.05) is 11.8 Å². The topological polar surface area (TPSA) is 49.3 Å². The molecule has 0 aliphatic carbocycles. The molecule has 2 rings (SSSR count). The van der Waals surface area contributed by atoms with Crippen molar-refractivity contribution in [1.29, 1.82) is 0 Å². The predicted molar refractivity (Wildman–Crippen MR) is 62.7 cm³/mol. The fourth-order valence-electron chi connectivity index (χ4n) is 1.76. The lowest BCUT2D eigenvalue weighted by Crippen LogP contribution is -2.47. The first-order valence-electron chi connectivity index (χ1n) is 5.51. The maximum atomic E-state index is 12.2. The molecule has 1 aromatic rings. The van der Waals surface area contributed by atoms with Crippen LogP contribution in [0.15, 0.2) is 0 Å². The van der Waals surface area contributed by atoms with Crippen LogP contribution < -0.4 is 0 Å². The number of nitrogens with zero attached hydrogens (tertiary/aromatic N) is 4. The third-order valence-electron chi connectivity index (χ3n) is 2.88. The van der Waals surface area contributed by atoms with Crippen LogP contribution in [0, 0.1) is 0 Å². The van der Waals surface area contributed by atoms with Crippen molar-refractivity contribution in [3.63, 3.8) is 0 Å². The quantitative estimate of drug-likeness (QED) is 0.755. The maximum Gasteiger partial charge on any atom is 0.267 e. The highest BCUT2D eigenvalue weighted by molar-refractivity contribution is 7.08. The molecule has 0 bridgehead atoms. The molecule has 88 valence electrons. The zero-order valence-electron chi connectivity index (χ0n) is 9.64. The van der Waals surface area contributed by atoms with Gasteiger partial charge < -0.3 is 9.80 Å². The van der Waals surface area contributed by atoms with Gasteiger partial charge in [0.25, 0.3) is 5.91 Å². The Morgan fingerprint density at radius 3 is 2.69 bits per heavy atom. The number of aromatic nitrogens is 2. The molecular formula is C10H16N4OS. The minimum atomic E-state index is 0.0972. The lowest BCUT2D eigenvalue weighted by molar-refractivity contribution is 0.0667. The molecule has 0 saturated carbocycles. The van der Waals surface area contributed by atoms with E-state index in [1.165, 1.54) is 11.5 Å². The Bertz CT molecular complexity index is 371. The molecule has 16 heavy (non-hydrogen) atoms. The van der Waals surface area contributed by atoms with Crippen molar-refractivity contribution < 1.29 is 4.79 Å². The van der Waals surface area contributed by atoms with Crippen molar-refractivity contribution in [2.75, 3.05) is 33.2 Å². The van der Waals surface area contributed by atoms with Gasteiger partial charge in [-0.15, -0.1) is 5.10 Å². The van der Waals surface area contributed by atoms with Gasteiger partial charge in [0.05, 0.1) is 5.69 Å². The third kappa shape index (κ3) is 2.22. The van der Waals surface area contributed by atoms with E-state index in [2.05, 4.69) is 21.5 Å². The van der Waals surface area contributed by atoms with Gasteiger partial charge in [-0.3, -0.25) is 4.79 Å². The number of likely N-dealkylation sites (N-methyl/N-ethyl adjacent to an activating group) is 1. The summed E-state index contributed by atoms with van der Waals surface area (Å²) in [5, 5.41) is 3.98. The van der Waals surface area contributed by atoms with Crippen molar-refractivity contribution in [2.24, 2.45) is 0 Å². The predicted octanol–water partition coefficient (Wildman–Crippen LogP) is 0.488. The Balaban J connectivity index is 2.07.